The van der Waals surface area contributed by atoms with Crippen molar-refractivity contribution in [2.45, 2.75) is 10.6 Å². The minimum atomic E-state index is -0.266. The van der Waals surface area contributed by atoms with Crippen molar-refractivity contribution >= 4 is 17.4 Å². The molecule has 0 aliphatic heterocycles. The van der Waals surface area contributed by atoms with Crippen molar-refractivity contribution in [3.05, 3.63) is 54.1 Å². The Kier molecular flexibility index (Phi) is 3.41. The fourth-order valence-electron chi connectivity index (χ4n) is 1.27. The van der Waals surface area contributed by atoms with Gasteiger partial charge in [-0.3, -0.25) is 4.98 Å². The molecule has 0 aliphatic carbocycles. The Hall–Kier alpha value is -1.55. The summed E-state index contributed by atoms with van der Waals surface area (Å²) in [4.78, 5) is 4.95. The summed E-state index contributed by atoms with van der Waals surface area (Å²) in [6.45, 7) is 0. The number of nitrogen functional groups attached to an aromatic ring is 1. The molecule has 1 aromatic heterocycles. The van der Waals surface area contributed by atoms with E-state index in [1.54, 1.807) is 12.3 Å². The Labute approximate surface area is 97.7 Å². The molecule has 4 heteroatoms. The van der Waals surface area contributed by atoms with Crippen LogP contribution in [0, 0.1) is 5.82 Å². The first-order valence-electron chi connectivity index (χ1n) is 4.83. The van der Waals surface area contributed by atoms with Gasteiger partial charge < -0.3 is 5.73 Å². The van der Waals surface area contributed by atoms with Crippen molar-refractivity contribution in [3.8, 4) is 0 Å². The zero-order valence-corrected chi connectivity index (χ0v) is 9.38. The minimum absolute atomic E-state index is 0.266. The molecule has 2 aromatic rings. The average molecular weight is 234 g/mol. The van der Waals surface area contributed by atoms with Gasteiger partial charge in [-0.25, -0.2) is 4.39 Å². The van der Waals surface area contributed by atoms with Gasteiger partial charge >= 0.3 is 0 Å². The summed E-state index contributed by atoms with van der Waals surface area (Å²) in [7, 11) is 0. The van der Waals surface area contributed by atoms with Crippen LogP contribution < -0.4 is 5.73 Å². The van der Waals surface area contributed by atoms with E-state index in [1.807, 2.05) is 18.2 Å². The van der Waals surface area contributed by atoms with E-state index in [1.165, 1.54) is 23.9 Å². The van der Waals surface area contributed by atoms with Gasteiger partial charge in [-0.2, -0.15) is 0 Å². The number of nitrogens with two attached hydrogens (primary N) is 1. The number of anilines is 1. The summed E-state index contributed by atoms with van der Waals surface area (Å²) in [5.74, 6) is 0.423. The van der Waals surface area contributed by atoms with E-state index in [-0.39, 0.29) is 5.82 Å². The number of aromatic nitrogens is 1. The highest BCUT2D eigenvalue weighted by molar-refractivity contribution is 7.98. The van der Waals surface area contributed by atoms with E-state index < -0.39 is 0 Å². The van der Waals surface area contributed by atoms with Crippen molar-refractivity contribution in [2.24, 2.45) is 0 Å². The van der Waals surface area contributed by atoms with Crippen LogP contribution in [0.25, 0.3) is 0 Å². The normalized spacial score (nSPS) is 10.3. The summed E-state index contributed by atoms with van der Waals surface area (Å²) < 4.78 is 13.0. The Bertz CT molecular complexity index is 474. The lowest BCUT2D eigenvalue weighted by atomic mass is 10.3. The molecule has 0 saturated carbocycles. The van der Waals surface area contributed by atoms with Crippen molar-refractivity contribution < 1.29 is 4.39 Å². The molecule has 0 unspecified atom stereocenters. The first-order chi connectivity index (χ1) is 7.75. The van der Waals surface area contributed by atoms with Crippen LogP contribution in [-0.2, 0) is 5.75 Å². The predicted octanol–water partition coefficient (Wildman–Crippen LogP) is 3.10. The highest BCUT2D eigenvalue weighted by atomic mass is 32.2. The van der Waals surface area contributed by atoms with Crippen molar-refractivity contribution in [1.29, 1.82) is 0 Å². The molecule has 0 fully saturated rings. The van der Waals surface area contributed by atoms with E-state index in [0.29, 0.717) is 11.4 Å². The topological polar surface area (TPSA) is 38.9 Å². The zero-order chi connectivity index (χ0) is 11.4. The number of benzene rings is 1. The molecule has 16 heavy (non-hydrogen) atoms. The third kappa shape index (κ3) is 2.73. The molecular formula is C12H11FN2S. The quantitative estimate of drug-likeness (QED) is 0.655. The number of rotatable bonds is 3. The van der Waals surface area contributed by atoms with Crippen LogP contribution in [0.4, 0.5) is 10.1 Å². The van der Waals surface area contributed by atoms with Crippen molar-refractivity contribution in [3.63, 3.8) is 0 Å². The Balaban J connectivity index is 2.08. The SMILES string of the molecule is Nc1ccc(F)cc1SCc1ccccn1. The van der Waals surface area contributed by atoms with E-state index in [2.05, 4.69) is 4.98 Å². The molecule has 2 N–H and O–H groups in total. The maximum atomic E-state index is 13.0. The Morgan fingerprint density at radius 2 is 2.12 bits per heavy atom. The number of pyridine rings is 1. The number of thioether (sulfide) groups is 1. The molecule has 0 aliphatic rings. The number of nitrogens with zero attached hydrogens (tertiary/aromatic N) is 1. The second-order valence-corrected chi connectivity index (χ2v) is 4.31. The van der Waals surface area contributed by atoms with Crippen molar-refractivity contribution in [1.82, 2.24) is 4.98 Å². The summed E-state index contributed by atoms with van der Waals surface area (Å²) in [5.41, 5.74) is 7.30. The average Bonchev–Trinajstić information content (AvgIpc) is 2.32. The number of hydrogen-bond acceptors (Lipinski definition) is 3. The highest BCUT2D eigenvalue weighted by Crippen LogP contribution is 2.28. The van der Waals surface area contributed by atoms with Gasteiger partial charge in [0.15, 0.2) is 0 Å². The summed E-state index contributed by atoms with van der Waals surface area (Å²) in [5, 5.41) is 0. The lowest BCUT2D eigenvalue weighted by Gasteiger charge is -2.04. The molecule has 0 spiro atoms. The van der Waals surface area contributed by atoms with Gasteiger partial charge in [-0.1, -0.05) is 6.07 Å². The van der Waals surface area contributed by atoms with Gasteiger partial charge in [-0.05, 0) is 30.3 Å². The first-order valence-corrected chi connectivity index (χ1v) is 5.82. The van der Waals surface area contributed by atoms with E-state index >= 15 is 0 Å². The Morgan fingerprint density at radius 3 is 2.88 bits per heavy atom. The molecule has 0 saturated heterocycles. The molecule has 1 aromatic carbocycles. The Morgan fingerprint density at radius 1 is 1.25 bits per heavy atom. The van der Waals surface area contributed by atoms with E-state index in [0.717, 1.165) is 10.6 Å². The van der Waals surface area contributed by atoms with Crippen LogP contribution >= 0.6 is 11.8 Å². The summed E-state index contributed by atoms with van der Waals surface area (Å²) >= 11 is 1.49. The largest absolute Gasteiger partial charge is 0.398 e. The fraction of sp³-hybridized carbons (Fsp3) is 0.0833. The lowest BCUT2D eigenvalue weighted by molar-refractivity contribution is 0.624. The summed E-state index contributed by atoms with van der Waals surface area (Å²) in [6.07, 6.45) is 1.74. The third-order valence-electron chi connectivity index (χ3n) is 2.08. The molecule has 2 rings (SSSR count). The van der Waals surface area contributed by atoms with Crippen LogP contribution in [-0.4, -0.2) is 4.98 Å². The third-order valence-corrected chi connectivity index (χ3v) is 3.18. The van der Waals surface area contributed by atoms with Gasteiger partial charge in [0.2, 0.25) is 0 Å². The van der Waals surface area contributed by atoms with Crippen LogP contribution in [0.15, 0.2) is 47.5 Å². The van der Waals surface area contributed by atoms with E-state index in [4.69, 9.17) is 5.73 Å². The molecule has 2 nitrogen and oxygen atoms in total. The molecular weight excluding hydrogens is 223 g/mol. The van der Waals surface area contributed by atoms with Crippen LogP contribution in [0.5, 0.6) is 0 Å². The smallest absolute Gasteiger partial charge is 0.124 e. The van der Waals surface area contributed by atoms with Crippen molar-refractivity contribution in [2.75, 3.05) is 5.73 Å². The van der Waals surface area contributed by atoms with Gasteiger partial charge in [0, 0.05) is 22.5 Å². The molecule has 82 valence electrons. The molecule has 0 bridgehead atoms. The number of hydrogen-bond donors (Lipinski definition) is 1. The maximum Gasteiger partial charge on any atom is 0.124 e. The summed E-state index contributed by atoms with van der Waals surface area (Å²) in [6, 6.07) is 10.1. The highest BCUT2D eigenvalue weighted by Gasteiger charge is 2.02. The minimum Gasteiger partial charge on any atom is -0.398 e. The van der Waals surface area contributed by atoms with Gasteiger partial charge in [0.1, 0.15) is 5.82 Å². The second kappa shape index (κ2) is 4.99. The standard InChI is InChI=1S/C12H11FN2S/c13-9-4-5-11(14)12(7-9)16-8-10-3-1-2-6-15-10/h1-7H,8,14H2. The van der Waals surface area contributed by atoms with Gasteiger partial charge in [-0.15, -0.1) is 11.8 Å². The molecule has 0 atom stereocenters. The lowest BCUT2D eigenvalue weighted by Crippen LogP contribution is -1.91. The molecule has 1 heterocycles. The van der Waals surface area contributed by atoms with Gasteiger partial charge in [0.25, 0.3) is 0 Å². The van der Waals surface area contributed by atoms with Crippen LogP contribution in [0.2, 0.25) is 0 Å². The molecule has 0 radical (unpaired) electrons. The van der Waals surface area contributed by atoms with E-state index in [9.17, 15) is 4.39 Å². The molecule has 0 amide bonds. The monoisotopic (exact) mass is 234 g/mol. The number of halogens is 1. The predicted molar refractivity (Wildman–Crippen MR) is 64.6 cm³/mol. The first kappa shape index (κ1) is 11.0. The fourth-order valence-corrected chi connectivity index (χ4v) is 2.17. The maximum absolute atomic E-state index is 13.0. The van der Waals surface area contributed by atoms with Crippen LogP contribution in [0.1, 0.15) is 5.69 Å². The van der Waals surface area contributed by atoms with Gasteiger partial charge in [0.05, 0.1) is 5.69 Å². The second-order valence-electron chi connectivity index (χ2n) is 3.29. The van der Waals surface area contributed by atoms with Crippen LogP contribution in [0.3, 0.4) is 0 Å². The zero-order valence-electron chi connectivity index (χ0n) is 8.56.